The Labute approximate surface area is 173 Å². The number of hydrogen-bond donors (Lipinski definition) is 3. The maximum absolute atomic E-state index is 12.4. The second kappa shape index (κ2) is 9.17. The lowest BCUT2D eigenvalue weighted by molar-refractivity contribution is -0.115. The van der Waals surface area contributed by atoms with Crippen LogP contribution in [-0.2, 0) is 27.7 Å². The number of thiazole rings is 1. The molecule has 0 fully saturated rings. The number of carbonyl (C=O) groups excluding carboxylic acids is 1. The average Bonchev–Trinajstić information content (AvgIpc) is 3.09. The van der Waals surface area contributed by atoms with Gasteiger partial charge in [0.2, 0.25) is 5.91 Å². The van der Waals surface area contributed by atoms with Gasteiger partial charge in [-0.15, -0.1) is 11.3 Å². The largest absolute Gasteiger partial charge is 0.396 e. The van der Waals surface area contributed by atoms with Crippen LogP contribution in [0.4, 0.5) is 10.8 Å². The fraction of sp³-hybridized carbons (Fsp3) is 0.200. The standard InChI is InChI=1S/C20H21N3O4S2/c1-14-2-8-18(9-3-14)29(26,27)23-20-22-17(13-28-20)12-19(25)21-16-6-4-15(5-7-16)10-11-24/h2-9,13,24H,10-12H2,1H3,(H,21,25)(H,22,23). The number of rotatable bonds is 8. The van der Waals surface area contributed by atoms with Crippen molar-refractivity contribution in [2.45, 2.75) is 24.7 Å². The van der Waals surface area contributed by atoms with Crippen molar-refractivity contribution in [2.24, 2.45) is 0 Å². The van der Waals surface area contributed by atoms with Gasteiger partial charge in [-0.1, -0.05) is 29.8 Å². The summed E-state index contributed by atoms with van der Waals surface area (Å²) in [7, 11) is -3.72. The van der Waals surface area contributed by atoms with E-state index < -0.39 is 10.0 Å². The number of carbonyl (C=O) groups is 1. The van der Waals surface area contributed by atoms with Crippen molar-refractivity contribution in [1.82, 2.24) is 4.98 Å². The highest BCUT2D eigenvalue weighted by atomic mass is 32.2. The zero-order valence-corrected chi connectivity index (χ0v) is 17.4. The number of hydrogen-bond acceptors (Lipinski definition) is 6. The SMILES string of the molecule is Cc1ccc(S(=O)(=O)Nc2nc(CC(=O)Nc3ccc(CCO)cc3)cs2)cc1. The van der Waals surface area contributed by atoms with Crippen LogP contribution in [0.2, 0.25) is 0 Å². The van der Waals surface area contributed by atoms with E-state index in [0.717, 1.165) is 22.5 Å². The zero-order valence-electron chi connectivity index (χ0n) is 15.8. The van der Waals surface area contributed by atoms with Crippen LogP contribution in [0.3, 0.4) is 0 Å². The summed E-state index contributed by atoms with van der Waals surface area (Å²) >= 11 is 1.12. The Morgan fingerprint density at radius 1 is 1.10 bits per heavy atom. The van der Waals surface area contributed by atoms with Crippen molar-refractivity contribution in [3.63, 3.8) is 0 Å². The van der Waals surface area contributed by atoms with Gasteiger partial charge < -0.3 is 10.4 Å². The second-order valence-electron chi connectivity index (χ2n) is 6.46. The number of aromatic nitrogens is 1. The maximum Gasteiger partial charge on any atom is 0.263 e. The number of aliphatic hydroxyl groups is 1. The minimum absolute atomic E-state index is 0.0289. The quantitative estimate of drug-likeness (QED) is 0.508. The second-order valence-corrected chi connectivity index (χ2v) is 9.00. The maximum atomic E-state index is 12.4. The molecule has 0 radical (unpaired) electrons. The fourth-order valence-corrected chi connectivity index (χ4v) is 4.54. The van der Waals surface area contributed by atoms with E-state index >= 15 is 0 Å². The molecule has 7 nitrogen and oxygen atoms in total. The summed E-state index contributed by atoms with van der Waals surface area (Å²) in [5.41, 5.74) is 3.07. The molecule has 0 aliphatic carbocycles. The molecule has 1 heterocycles. The van der Waals surface area contributed by atoms with E-state index in [9.17, 15) is 13.2 Å². The molecular formula is C20H21N3O4S2. The fourth-order valence-electron chi connectivity index (χ4n) is 2.58. The third kappa shape index (κ3) is 5.86. The lowest BCUT2D eigenvalue weighted by Gasteiger charge is -2.06. The number of benzene rings is 2. The minimum atomic E-state index is -3.72. The summed E-state index contributed by atoms with van der Waals surface area (Å²) in [6.45, 7) is 1.96. The van der Waals surface area contributed by atoms with Gasteiger partial charge in [-0.05, 0) is 43.2 Å². The van der Waals surface area contributed by atoms with E-state index in [2.05, 4.69) is 15.0 Å². The summed E-state index contributed by atoms with van der Waals surface area (Å²) in [5, 5.41) is 13.6. The summed E-state index contributed by atoms with van der Waals surface area (Å²) in [4.78, 5) is 16.6. The molecule has 1 aromatic heterocycles. The van der Waals surface area contributed by atoms with Crippen molar-refractivity contribution in [3.05, 3.63) is 70.7 Å². The summed E-state index contributed by atoms with van der Waals surface area (Å²) in [6.07, 6.45) is 0.593. The molecular weight excluding hydrogens is 410 g/mol. The van der Waals surface area contributed by atoms with Gasteiger partial charge in [0, 0.05) is 17.7 Å². The van der Waals surface area contributed by atoms with Crippen LogP contribution in [0.1, 0.15) is 16.8 Å². The minimum Gasteiger partial charge on any atom is -0.396 e. The molecule has 3 N–H and O–H groups in total. The number of nitrogens with zero attached hydrogens (tertiary/aromatic N) is 1. The van der Waals surface area contributed by atoms with Crippen molar-refractivity contribution >= 4 is 38.1 Å². The van der Waals surface area contributed by atoms with Gasteiger partial charge >= 0.3 is 0 Å². The van der Waals surface area contributed by atoms with Gasteiger partial charge in [0.1, 0.15) is 0 Å². The molecule has 0 bridgehead atoms. The molecule has 3 rings (SSSR count). The smallest absolute Gasteiger partial charge is 0.263 e. The highest BCUT2D eigenvalue weighted by Crippen LogP contribution is 2.21. The molecule has 9 heteroatoms. The van der Waals surface area contributed by atoms with E-state index in [-0.39, 0.29) is 29.0 Å². The van der Waals surface area contributed by atoms with Gasteiger partial charge in [0.25, 0.3) is 10.0 Å². The average molecular weight is 432 g/mol. The van der Waals surface area contributed by atoms with Crippen LogP contribution in [0.25, 0.3) is 0 Å². The first-order valence-electron chi connectivity index (χ1n) is 8.89. The number of sulfonamides is 1. The van der Waals surface area contributed by atoms with E-state index in [0.29, 0.717) is 17.8 Å². The number of amides is 1. The van der Waals surface area contributed by atoms with E-state index in [1.807, 2.05) is 19.1 Å². The molecule has 2 aromatic carbocycles. The van der Waals surface area contributed by atoms with Crippen molar-refractivity contribution in [1.29, 1.82) is 0 Å². The predicted octanol–water partition coefficient (Wildman–Crippen LogP) is 2.97. The zero-order chi connectivity index (χ0) is 20.9. The topological polar surface area (TPSA) is 108 Å². The van der Waals surface area contributed by atoms with Crippen molar-refractivity contribution < 1.29 is 18.3 Å². The van der Waals surface area contributed by atoms with Gasteiger partial charge in [-0.2, -0.15) is 0 Å². The van der Waals surface area contributed by atoms with Crippen LogP contribution in [0.5, 0.6) is 0 Å². The molecule has 0 aliphatic heterocycles. The van der Waals surface area contributed by atoms with Gasteiger partial charge in [0.15, 0.2) is 5.13 Å². The normalized spacial score (nSPS) is 11.2. The summed E-state index contributed by atoms with van der Waals surface area (Å²) in [5.74, 6) is -0.252. The Kier molecular flexibility index (Phi) is 6.63. The Balaban J connectivity index is 1.59. The first-order chi connectivity index (χ1) is 13.9. The highest BCUT2D eigenvalue weighted by molar-refractivity contribution is 7.93. The van der Waals surface area contributed by atoms with Crippen LogP contribution in [-0.4, -0.2) is 31.0 Å². The third-order valence-corrected chi connectivity index (χ3v) is 6.38. The molecule has 0 unspecified atom stereocenters. The summed E-state index contributed by atoms with van der Waals surface area (Å²) < 4.78 is 27.3. The number of aryl methyl sites for hydroxylation is 1. The lowest BCUT2D eigenvalue weighted by atomic mass is 10.1. The monoisotopic (exact) mass is 431 g/mol. The molecule has 1 amide bonds. The van der Waals surface area contributed by atoms with Crippen LogP contribution >= 0.6 is 11.3 Å². The number of nitrogens with one attached hydrogen (secondary N) is 2. The van der Waals surface area contributed by atoms with Gasteiger partial charge in [-0.25, -0.2) is 13.4 Å². The molecule has 29 heavy (non-hydrogen) atoms. The molecule has 0 aliphatic rings. The van der Waals surface area contributed by atoms with Crippen LogP contribution < -0.4 is 10.0 Å². The van der Waals surface area contributed by atoms with E-state index in [1.54, 1.807) is 29.6 Å². The van der Waals surface area contributed by atoms with Crippen LogP contribution in [0, 0.1) is 6.92 Å². The van der Waals surface area contributed by atoms with Crippen molar-refractivity contribution in [3.8, 4) is 0 Å². The molecule has 0 saturated carbocycles. The molecule has 0 spiro atoms. The number of aliphatic hydroxyl groups excluding tert-OH is 1. The Hall–Kier alpha value is -2.75. The lowest BCUT2D eigenvalue weighted by Crippen LogP contribution is -2.15. The predicted molar refractivity (Wildman–Crippen MR) is 114 cm³/mol. The third-order valence-electron chi connectivity index (χ3n) is 4.08. The van der Waals surface area contributed by atoms with E-state index in [4.69, 9.17) is 5.11 Å². The van der Waals surface area contributed by atoms with Gasteiger partial charge in [0.05, 0.1) is 17.0 Å². The summed E-state index contributed by atoms with van der Waals surface area (Å²) in [6, 6.07) is 13.7. The first-order valence-corrected chi connectivity index (χ1v) is 11.3. The van der Waals surface area contributed by atoms with Crippen LogP contribution in [0.15, 0.2) is 58.8 Å². The first kappa shape index (κ1) is 21.0. The van der Waals surface area contributed by atoms with Gasteiger partial charge in [-0.3, -0.25) is 9.52 Å². The highest BCUT2D eigenvalue weighted by Gasteiger charge is 2.16. The van der Waals surface area contributed by atoms with E-state index in [1.165, 1.54) is 12.1 Å². The molecule has 152 valence electrons. The van der Waals surface area contributed by atoms with Crippen molar-refractivity contribution in [2.75, 3.05) is 16.6 Å². The number of anilines is 2. The Bertz CT molecular complexity index is 1080. The Morgan fingerprint density at radius 3 is 2.45 bits per heavy atom. The Morgan fingerprint density at radius 2 is 1.79 bits per heavy atom. The molecule has 3 aromatic rings. The molecule has 0 saturated heterocycles. The molecule has 0 atom stereocenters.